The first-order valence-corrected chi connectivity index (χ1v) is 11.1. The number of aryl methyl sites for hydroxylation is 1. The van der Waals surface area contributed by atoms with Crippen molar-refractivity contribution in [3.8, 4) is 11.5 Å². The number of nitrogens with zero attached hydrogens (tertiary/aromatic N) is 3. The van der Waals surface area contributed by atoms with Crippen LogP contribution in [0.5, 0.6) is 11.5 Å². The van der Waals surface area contributed by atoms with Crippen molar-refractivity contribution in [1.29, 1.82) is 0 Å². The number of benzene rings is 2. The van der Waals surface area contributed by atoms with Gasteiger partial charge in [-0.3, -0.25) is 19.8 Å². The Hall–Kier alpha value is -3.59. The van der Waals surface area contributed by atoms with Crippen LogP contribution in [0.2, 0.25) is 0 Å². The average molecular weight is 451 g/mol. The molecule has 3 aromatic rings. The van der Waals surface area contributed by atoms with E-state index in [1.807, 2.05) is 6.07 Å². The molecule has 3 heterocycles. The summed E-state index contributed by atoms with van der Waals surface area (Å²) >= 11 is 0. The van der Waals surface area contributed by atoms with Gasteiger partial charge >= 0.3 is 0 Å². The van der Waals surface area contributed by atoms with E-state index in [1.54, 1.807) is 30.5 Å². The Bertz CT molecular complexity index is 1230. The van der Waals surface area contributed by atoms with Gasteiger partial charge in [-0.2, -0.15) is 0 Å². The molecule has 1 aromatic heterocycles. The Labute approximate surface area is 190 Å². The summed E-state index contributed by atoms with van der Waals surface area (Å²) in [7, 11) is 0. The van der Waals surface area contributed by atoms with Crippen LogP contribution in [0, 0.1) is 10.1 Å². The minimum absolute atomic E-state index is 0.0138. The molecule has 1 fully saturated rings. The first-order valence-electron chi connectivity index (χ1n) is 11.1. The molecule has 0 spiro atoms. The third-order valence-electron chi connectivity index (χ3n) is 6.29. The van der Waals surface area contributed by atoms with Crippen LogP contribution in [0.4, 0.5) is 11.4 Å². The summed E-state index contributed by atoms with van der Waals surface area (Å²) in [6.07, 6.45) is 4.10. The first kappa shape index (κ1) is 21.3. The minimum atomic E-state index is -0.357. The lowest BCUT2D eigenvalue weighted by molar-refractivity contribution is -0.384. The molecule has 0 amide bonds. The highest BCUT2D eigenvalue weighted by Gasteiger charge is 2.20. The topological polar surface area (TPSA) is 98.3 Å². The summed E-state index contributed by atoms with van der Waals surface area (Å²) < 4.78 is 16.4. The number of unbranched alkanes of at least 4 members (excludes halogenated alkanes) is 1. The molecule has 1 saturated heterocycles. The Morgan fingerprint density at radius 2 is 1.79 bits per heavy atom. The molecule has 0 radical (unpaired) electrons. The van der Waals surface area contributed by atoms with E-state index in [0.29, 0.717) is 34.5 Å². The van der Waals surface area contributed by atoms with E-state index >= 15 is 0 Å². The molecule has 33 heavy (non-hydrogen) atoms. The van der Waals surface area contributed by atoms with Gasteiger partial charge in [0, 0.05) is 55.6 Å². The number of rotatable bonds is 7. The van der Waals surface area contributed by atoms with Gasteiger partial charge in [0.25, 0.3) is 5.69 Å². The number of anilines is 1. The summed E-state index contributed by atoms with van der Waals surface area (Å²) in [4.78, 5) is 28.1. The van der Waals surface area contributed by atoms with Gasteiger partial charge in [0.1, 0.15) is 5.58 Å². The zero-order valence-electron chi connectivity index (χ0n) is 18.2. The summed E-state index contributed by atoms with van der Waals surface area (Å²) in [6.45, 7) is 4.62. The Morgan fingerprint density at radius 1 is 1.00 bits per heavy atom. The fraction of sp³-hybridized carbons (Fsp3) is 0.375. The lowest BCUT2D eigenvalue weighted by Crippen LogP contribution is -2.46. The molecule has 9 heteroatoms. The van der Waals surface area contributed by atoms with Crippen LogP contribution in [0.3, 0.4) is 0 Å². The fourth-order valence-electron chi connectivity index (χ4n) is 4.42. The molecular formula is C24H25N3O6. The molecule has 0 N–H and O–H groups in total. The summed E-state index contributed by atoms with van der Waals surface area (Å²) in [5.41, 5.74) is 2.19. The molecule has 2 aromatic carbocycles. The highest BCUT2D eigenvalue weighted by Crippen LogP contribution is 2.35. The van der Waals surface area contributed by atoms with E-state index in [9.17, 15) is 14.9 Å². The third-order valence-corrected chi connectivity index (χ3v) is 6.29. The number of ether oxygens (including phenoxy) is 2. The first-order chi connectivity index (χ1) is 16.1. The Morgan fingerprint density at radius 3 is 2.58 bits per heavy atom. The molecule has 2 aliphatic heterocycles. The number of nitro benzene ring substituents is 1. The van der Waals surface area contributed by atoms with Crippen molar-refractivity contribution in [3.63, 3.8) is 0 Å². The van der Waals surface area contributed by atoms with Crippen LogP contribution >= 0.6 is 0 Å². The van der Waals surface area contributed by atoms with Crippen molar-refractivity contribution < 1.29 is 18.8 Å². The summed E-state index contributed by atoms with van der Waals surface area (Å²) in [5.74, 6) is 1.18. The number of nitro groups is 1. The third kappa shape index (κ3) is 4.49. The number of non-ortho nitro benzene ring substituents is 1. The van der Waals surface area contributed by atoms with Crippen molar-refractivity contribution >= 4 is 22.3 Å². The smallest absolute Gasteiger partial charge is 0.271 e. The zero-order chi connectivity index (χ0) is 22.8. The van der Waals surface area contributed by atoms with Gasteiger partial charge in [-0.1, -0.05) is 6.07 Å². The molecule has 5 rings (SSSR count). The van der Waals surface area contributed by atoms with E-state index < -0.39 is 0 Å². The van der Waals surface area contributed by atoms with Crippen LogP contribution in [-0.2, 0) is 6.42 Å². The van der Waals surface area contributed by atoms with Gasteiger partial charge in [-0.15, -0.1) is 0 Å². The fourth-order valence-corrected chi connectivity index (χ4v) is 4.42. The van der Waals surface area contributed by atoms with Crippen molar-refractivity contribution in [3.05, 3.63) is 68.6 Å². The highest BCUT2D eigenvalue weighted by molar-refractivity contribution is 5.81. The van der Waals surface area contributed by atoms with E-state index in [-0.39, 0.29) is 22.8 Å². The van der Waals surface area contributed by atoms with Crippen LogP contribution in [0.15, 0.2) is 51.9 Å². The van der Waals surface area contributed by atoms with Crippen molar-refractivity contribution in [1.82, 2.24) is 4.90 Å². The van der Waals surface area contributed by atoms with Crippen LogP contribution < -0.4 is 19.8 Å². The summed E-state index contributed by atoms with van der Waals surface area (Å²) in [5, 5.41) is 11.5. The van der Waals surface area contributed by atoms with E-state index in [1.165, 1.54) is 6.07 Å². The van der Waals surface area contributed by atoms with Crippen LogP contribution in [-0.4, -0.2) is 49.3 Å². The minimum Gasteiger partial charge on any atom is -0.464 e. The normalized spacial score (nSPS) is 15.8. The monoisotopic (exact) mass is 451 g/mol. The number of hydrogen-bond acceptors (Lipinski definition) is 8. The number of hydrogen-bond donors (Lipinski definition) is 0. The van der Waals surface area contributed by atoms with Gasteiger partial charge in [0.15, 0.2) is 16.9 Å². The predicted octanol–water partition coefficient (Wildman–Crippen LogP) is 3.57. The second-order valence-electron chi connectivity index (χ2n) is 8.35. The van der Waals surface area contributed by atoms with Crippen LogP contribution in [0.25, 0.3) is 11.0 Å². The van der Waals surface area contributed by atoms with Crippen LogP contribution in [0.1, 0.15) is 18.4 Å². The van der Waals surface area contributed by atoms with Gasteiger partial charge in [-0.25, -0.2) is 0 Å². The number of piperazine rings is 1. The molecule has 0 saturated carbocycles. The maximum atomic E-state index is 12.8. The molecule has 0 bridgehead atoms. The zero-order valence-corrected chi connectivity index (χ0v) is 18.2. The van der Waals surface area contributed by atoms with E-state index in [0.717, 1.165) is 51.3 Å². The van der Waals surface area contributed by atoms with Gasteiger partial charge in [0.2, 0.25) is 6.79 Å². The Balaban J connectivity index is 1.11. The SMILES string of the molecule is O=c1c(CCCCN2CCN(c3cccc([N+](=O)[O-])c3)CC2)coc2cc3c(cc12)OCO3. The van der Waals surface area contributed by atoms with Crippen molar-refractivity contribution in [2.45, 2.75) is 19.3 Å². The highest BCUT2D eigenvalue weighted by atomic mass is 16.7. The predicted molar refractivity (Wildman–Crippen MR) is 123 cm³/mol. The molecule has 0 atom stereocenters. The molecule has 0 unspecified atom stereocenters. The number of fused-ring (bicyclic) bond motifs is 2. The van der Waals surface area contributed by atoms with Gasteiger partial charge < -0.3 is 18.8 Å². The van der Waals surface area contributed by atoms with Crippen molar-refractivity contribution in [2.75, 3.05) is 44.4 Å². The molecular weight excluding hydrogens is 426 g/mol. The molecule has 0 aliphatic carbocycles. The standard InChI is InChI=1S/C24H25N3O6/c28-24-17(15-31-21-14-23-22(13-20(21)24)32-16-33-23)4-1-2-7-25-8-10-26(11-9-25)18-5-3-6-19(12-18)27(29)30/h3,5-6,12-15H,1-2,4,7-11,16H2. The quantitative estimate of drug-likeness (QED) is 0.305. The van der Waals surface area contributed by atoms with E-state index in [2.05, 4.69) is 9.80 Å². The Kier molecular flexibility index (Phi) is 5.87. The lowest BCUT2D eigenvalue weighted by atomic mass is 10.1. The summed E-state index contributed by atoms with van der Waals surface area (Å²) in [6, 6.07) is 10.2. The maximum absolute atomic E-state index is 12.8. The second-order valence-corrected chi connectivity index (χ2v) is 8.35. The average Bonchev–Trinajstić information content (AvgIpc) is 3.30. The maximum Gasteiger partial charge on any atom is 0.271 e. The molecule has 9 nitrogen and oxygen atoms in total. The van der Waals surface area contributed by atoms with Gasteiger partial charge in [0.05, 0.1) is 16.6 Å². The molecule has 2 aliphatic rings. The lowest BCUT2D eigenvalue weighted by Gasteiger charge is -2.36. The van der Waals surface area contributed by atoms with Gasteiger partial charge in [-0.05, 0) is 37.9 Å². The second kappa shape index (κ2) is 9.11. The largest absolute Gasteiger partial charge is 0.464 e. The molecule has 172 valence electrons. The van der Waals surface area contributed by atoms with E-state index in [4.69, 9.17) is 13.9 Å². The van der Waals surface area contributed by atoms with Crippen molar-refractivity contribution in [2.24, 2.45) is 0 Å².